The van der Waals surface area contributed by atoms with E-state index in [1.165, 1.54) is 11.1 Å². The number of hydrogen-bond donors (Lipinski definition) is 0. The monoisotopic (exact) mass is 315 g/mol. The van der Waals surface area contributed by atoms with Crippen LogP contribution in [0.25, 0.3) is 22.6 Å². The van der Waals surface area contributed by atoms with E-state index < -0.39 is 0 Å². The van der Waals surface area contributed by atoms with Crippen LogP contribution >= 0.6 is 15.9 Å². The van der Waals surface area contributed by atoms with Crippen molar-refractivity contribution >= 4 is 27.0 Å². The molecule has 0 saturated heterocycles. The van der Waals surface area contributed by atoms with Crippen molar-refractivity contribution in [1.82, 2.24) is 4.98 Å². The van der Waals surface area contributed by atoms with Crippen molar-refractivity contribution in [2.24, 2.45) is 0 Å². The van der Waals surface area contributed by atoms with E-state index in [-0.39, 0.29) is 0 Å². The Morgan fingerprint density at radius 2 is 1.89 bits per heavy atom. The third kappa shape index (κ3) is 2.30. The predicted octanol–water partition coefficient (Wildman–Crippen LogP) is 5.13. The minimum absolute atomic E-state index is 0.670. The standard InChI is InChI=1S/C16H14BrNO/c1-3-11-8-13(17)15-14(9-11)18-16(19-15)12-6-4-10(2)5-7-12/h4-9H,3H2,1-2H3. The maximum absolute atomic E-state index is 5.87. The van der Waals surface area contributed by atoms with Gasteiger partial charge in [0.1, 0.15) is 5.52 Å². The Kier molecular flexibility index (Phi) is 3.15. The molecule has 0 atom stereocenters. The van der Waals surface area contributed by atoms with Crippen molar-refractivity contribution in [3.05, 3.63) is 52.0 Å². The number of fused-ring (bicyclic) bond motifs is 1. The van der Waals surface area contributed by atoms with Crippen LogP contribution in [0.2, 0.25) is 0 Å². The van der Waals surface area contributed by atoms with Gasteiger partial charge in [-0.25, -0.2) is 4.98 Å². The van der Waals surface area contributed by atoms with Gasteiger partial charge in [0.2, 0.25) is 5.89 Å². The smallest absolute Gasteiger partial charge is 0.227 e. The number of aromatic nitrogens is 1. The van der Waals surface area contributed by atoms with E-state index >= 15 is 0 Å². The van der Waals surface area contributed by atoms with E-state index in [1.807, 2.05) is 12.1 Å². The first kappa shape index (κ1) is 12.4. The second-order valence-electron chi connectivity index (χ2n) is 4.66. The van der Waals surface area contributed by atoms with E-state index in [0.29, 0.717) is 5.89 Å². The van der Waals surface area contributed by atoms with Crippen molar-refractivity contribution in [1.29, 1.82) is 0 Å². The van der Waals surface area contributed by atoms with Gasteiger partial charge in [-0.3, -0.25) is 0 Å². The molecular weight excluding hydrogens is 302 g/mol. The highest BCUT2D eigenvalue weighted by atomic mass is 79.9. The molecule has 0 unspecified atom stereocenters. The number of aryl methyl sites for hydroxylation is 2. The Labute approximate surface area is 120 Å². The maximum atomic E-state index is 5.87. The number of hydrogen-bond acceptors (Lipinski definition) is 2. The second-order valence-corrected chi connectivity index (χ2v) is 5.52. The summed E-state index contributed by atoms with van der Waals surface area (Å²) in [7, 11) is 0. The van der Waals surface area contributed by atoms with Crippen LogP contribution in [0.5, 0.6) is 0 Å². The Morgan fingerprint density at radius 3 is 2.58 bits per heavy atom. The van der Waals surface area contributed by atoms with Crippen LogP contribution in [0.15, 0.2) is 45.3 Å². The molecule has 0 bridgehead atoms. The van der Waals surface area contributed by atoms with E-state index in [4.69, 9.17) is 4.42 Å². The van der Waals surface area contributed by atoms with Crippen molar-refractivity contribution < 1.29 is 4.42 Å². The molecule has 96 valence electrons. The first-order chi connectivity index (χ1) is 9.17. The van der Waals surface area contributed by atoms with Crippen LogP contribution in [0.1, 0.15) is 18.1 Å². The number of oxazole rings is 1. The van der Waals surface area contributed by atoms with E-state index in [9.17, 15) is 0 Å². The van der Waals surface area contributed by atoms with Gasteiger partial charge in [-0.05, 0) is 59.1 Å². The van der Waals surface area contributed by atoms with Gasteiger partial charge < -0.3 is 4.42 Å². The molecule has 3 aromatic rings. The quantitative estimate of drug-likeness (QED) is 0.655. The molecule has 0 saturated carbocycles. The van der Waals surface area contributed by atoms with Crippen molar-refractivity contribution in [2.75, 3.05) is 0 Å². The molecule has 1 aromatic heterocycles. The molecule has 0 amide bonds. The zero-order valence-corrected chi connectivity index (χ0v) is 12.5. The molecule has 0 N–H and O–H groups in total. The second kappa shape index (κ2) is 4.82. The van der Waals surface area contributed by atoms with Crippen molar-refractivity contribution in [2.45, 2.75) is 20.3 Å². The van der Waals surface area contributed by atoms with Gasteiger partial charge in [0.15, 0.2) is 5.58 Å². The van der Waals surface area contributed by atoms with Gasteiger partial charge in [-0.2, -0.15) is 0 Å². The molecule has 0 spiro atoms. The van der Waals surface area contributed by atoms with Gasteiger partial charge in [0.25, 0.3) is 0 Å². The average molecular weight is 316 g/mol. The summed E-state index contributed by atoms with van der Waals surface area (Å²) >= 11 is 3.55. The lowest BCUT2D eigenvalue weighted by Gasteiger charge is -1.97. The molecular formula is C16H14BrNO. The summed E-state index contributed by atoms with van der Waals surface area (Å²) < 4.78 is 6.83. The minimum atomic E-state index is 0.670. The Hall–Kier alpha value is -1.61. The topological polar surface area (TPSA) is 26.0 Å². The first-order valence-electron chi connectivity index (χ1n) is 6.33. The fourth-order valence-corrected chi connectivity index (χ4v) is 2.65. The zero-order chi connectivity index (χ0) is 13.4. The number of benzene rings is 2. The lowest BCUT2D eigenvalue weighted by atomic mass is 10.1. The lowest BCUT2D eigenvalue weighted by Crippen LogP contribution is -1.81. The normalized spacial score (nSPS) is 11.1. The van der Waals surface area contributed by atoms with Gasteiger partial charge in [0, 0.05) is 5.56 Å². The molecule has 3 rings (SSSR count). The van der Waals surface area contributed by atoms with Crippen LogP contribution in [-0.2, 0) is 6.42 Å². The van der Waals surface area contributed by atoms with Gasteiger partial charge in [-0.1, -0.05) is 24.6 Å². The van der Waals surface area contributed by atoms with Crippen LogP contribution in [-0.4, -0.2) is 4.98 Å². The van der Waals surface area contributed by atoms with Crippen LogP contribution < -0.4 is 0 Å². The molecule has 2 aromatic carbocycles. The largest absolute Gasteiger partial charge is 0.435 e. The zero-order valence-electron chi connectivity index (χ0n) is 10.9. The molecule has 0 aliphatic rings. The summed E-state index contributed by atoms with van der Waals surface area (Å²) in [5, 5.41) is 0. The van der Waals surface area contributed by atoms with E-state index in [2.05, 4.69) is 59.0 Å². The fraction of sp³-hybridized carbons (Fsp3) is 0.188. The highest BCUT2D eigenvalue weighted by Gasteiger charge is 2.11. The molecule has 3 heteroatoms. The highest BCUT2D eigenvalue weighted by Crippen LogP contribution is 2.30. The summed E-state index contributed by atoms with van der Waals surface area (Å²) in [6, 6.07) is 12.4. The molecule has 2 nitrogen and oxygen atoms in total. The van der Waals surface area contributed by atoms with Crippen molar-refractivity contribution in [3.8, 4) is 11.5 Å². The van der Waals surface area contributed by atoms with Gasteiger partial charge in [-0.15, -0.1) is 0 Å². The number of rotatable bonds is 2. The fourth-order valence-electron chi connectivity index (χ4n) is 2.07. The third-order valence-corrected chi connectivity index (χ3v) is 3.80. The molecule has 19 heavy (non-hydrogen) atoms. The van der Waals surface area contributed by atoms with Crippen LogP contribution in [0.3, 0.4) is 0 Å². The Bertz CT molecular complexity index is 728. The molecule has 0 aliphatic carbocycles. The summed E-state index contributed by atoms with van der Waals surface area (Å²) in [5.41, 5.74) is 5.21. The summed E-state index contributed by atoms with van der Waals surface area (Å²) in [4.78, 5) is 4.59. The lowest BCUT2D eigenvalue weighted by molar-refractivity contribution is 0.618. The van der Waals surface area contributed by atoms with Gasteiger partial charge in [0.05, 0.1) is 4.47 Å². The first-order valence-corrected chi connectivity index (χ1v) is 7.12. The average Bonchev–Trinajstić information content (AvgIpc) is 2.84. The third-order valence-electron chi connectivity index (χ3n) is 3.21. The number of halogens is 1. The van der Waals surface area contributed by atoms with Gasteiger partial charge >= 0.3 is 0 Å². The molecule has 0 fully saturated rings. The SMILES string of the molecule is CCc1cc(Br)c2oc(-c3ccc(C)cc3)nc2c1. The highest BCUT2D eigenvalue weighted by molar-refractivity contribution is 9.10. The summed E-state index contributed by atoms with van der Waals surface area (Å²) in [6.07, 6.45) is 0.987. The molecule has 0 aliphatic heterocycles. The van der Waals surface area contributed by atoms with E-state index in [1.54, 1.807) is 0 Å². The van der Waals surface area contributed by atoms with Crippen molar-refractivity contribution in [3.63, 3.8) is 0 Å². The predicted molar refractivity (Wildman–Crippen MR) is 81.3 cm³/mol. The summed E-state index contributed by atoms with van der Waals surface area (Å²) in [5.74, 6) is 0.670. The molecule has 1 heterocycles. The summed E-state index contributed by atoms with van der Waals surface area (Å²) in [6.45, 7) is 4.20. The van der Waals surface area contributed by atoms with Crippen LogP contribution in [0.4, 0.5) is 0 Å². The minimum Gasteiger partial charge on any atom is -0.435 e. The Balaban J connectivity index is 2.16. The van der Waals surface area contributed by atoms with Crippen LogP contribution in [0, 0.1) is 6.92 Å². The Morgan fingerprint density at radius 1 is 1.16 bits per heavy atom. The van der Waals surface area contributed by atoms with E-state index in [0.717, 1.165) is 27.6 Å². The number of nitrogens with zero attached hydrogens (tertiary/aromatic N) is 1. The molecule has 0 radical (unpaired) electrons. The maximum Gasteiger partial charge on any atom is 0.227 e.